The van der Waals surface area contributed by atoms with Crippen molar-refractivity contribution in [1.82, 2.24) is 16.0 Å². The van der Waals surface area contributed by atoms with Crippen molar-refractivity contribution >= 4 is 23.7 Å². The first kappa shape index (κ1) is 36.7. The van der Waals surface area contributed by atoms with Crippen molar-refractivity contribution in [3.63, 3.8) is 0 Å². The largest absolute Gasteiger partial charge is 0.481 e. The van der Waals surface area contributed by atoms with E-state index in [2.05, 4.69) is 16.0 Å². The van der Waals surface area contributed by atoms with Gasteiger partial charge in [-0.05, 0) is 24.3 Å². The van der Waals surface area contributed by atoms with Crippen molar-refractivity contribution in [1.29, 1.82) is 0 Å². The molecule has 0 bridgehead atoms. The third-order valence-electron chi connectivity index (χ3n) is 6.19. The van der Waals surface area contributed by atoms with Gasteiger partial charge in [-0.15, -0.1) is 0 Å². The van der Waals surface area contributed by atoms with Crippen LogP contribution in [0.15, 0.2) is 30.3 Å². The molecule has 13 nitrogen and oxygen atoms in total. The summed E-state index contributed by atoms with van der Waals surface area (Å²) in [5.74, 6) is -4.77. The van der Waals surface area contributed by atoms with E-state index in [1.165, 1.54) is 12.1 Å². The molecule has 10 N–H and O–H groups in total. The monoisotopic (exact) mass is 608 g/mol. The van der Waals surface area contributed by atoms with Crippen LogP contribution < -0.4 is 21.7 Å². The van der Waals surface area contributed by atoms with Crippen molar-refractivity contribution in [2.45, 2.75) is 88.2 Å². The number of carbonyl (C=O) groups is 4. The van der Waals surface area contributed by atoms with Crippen molar-refractivity contribution in [2.24, 2.45) is 11.7 Å². The van der Waals surface area contributed by atoms with E-state index >= 15 is 0 Å². The van der Waals surface area contributed by atoms with Gasteiger partial charge in [-0.3, -0.25) is 19.2 Å². The number of aliphatic hydroxyl groups is 4. The average Bonchev–Trinajstić information content (AvgIpc) is 2.91. The number of alkyl halides is 3. The lowest BCUT2D eigenvalue weighted by Gasteiger charge is -2.31. The van der Waals surface area contributed by atoms with Crippen LogP contribution in [0.1, 0.15) is 51.1 Å². The smallest absolute Gasteiger partial charge is 0.389 e. The summed E-state index contributed by atoms with van der Waals surface area (Å²) in [5, 5.41) is 57.0. The van der Waals surface area contributed by atoms with Crippen LogP contribution in [0.4, 0.5) is 13.2 Å². The van der Waals surface area contributed by atoms with Gasteiger partial charge >= 0.3 is 12.1 Å². The number of aliphatic hydroxyl groups excluding tert-OH is 4. The van der Waals surface area contributed by atoms with Crippen LogP contribution in [0, 0.1) is 5.92 Å². The maximum atomic E-state index is 12.9. The molecule has 0 heterocycles. The molecule has 238 valence electrons. The van der Waals surface area contributed by atoms with Gasteiger partial charge in [0.2, 0.25) is 11.8 Å². The second-order valence-corrected chi connectivity index (χ2v) is 10.2. The van der Waals surface area contributed by atoms with Gasteiger partial charge in [0.05, 0.1) is 31.2 Å². The van der Waals surface area contributed by atoms with E-state index in [0.717, 1.165) is 0 Å². The lowest BCUT2D eigenvalue weighted by Crippen LogP contribution is -2.60. The molecular weight excluding hydrogens is 569 g/mol. The molecule has 1 aromatic rings. The Morgan fingerprint density at radius 2 is 1.50 bits per heavy atom. The van der Waals surface area contributed by atoms with Crippen LogP contribution in [0.5, 0.6) is 0 Å². The van der Waals surface area contributed by atoms with Crippen LogP contribution in [-0.4, -0.2) is 98.4 Å². The Kier molecular flexibility index (Phi) is 14.8. The first-order valence-corrected chi connectivity index (χ1v) is 13.1. The van der Waals surface area contributed by atoms with Gasteiger partial charge in [0.15, 0.2) is 6.10 Å². The fourth-order valence-electron chi connectivity index (χ4n) is 3.90. The number of aliphatic carboxylic acids is 1. The zero-order chi connectivity index (χ0) is 32.2. The highest BCUT2D eigenvalue weighted by atomic mass is 19.4. The number of carboxylic acids is 1. The molecule has 1 aromatic carbocycles. The zero-order valence-corrected chi connectivity index (χ0v) is 23.1. The molecule has 0 fully saturated rings. The van der Waals surface area contributed by atoms with Gasteiger partial charge in [-0.2, -0.15) is 13.2 Å². The molecule has 42 heavy (non-hydrogen) atoms. The summed E-state index contributed by atoms with van der Waals surface area (Å²) >= 11 is 0. The summed E-state index contributed by atoms with van der Waals surface area (Å²) in [6, 6.07) is 2.16. The summed E-state index contributed by atoms with van der Waals surface area (Å²) in [6.07, 6.45) is -13.9. The van der Waals surface area contributed by atoms with Crippen molar-refractivity contribution in [3.05, 3.63) is 35.9 Å². The first-order valence-electron chi connectivity index (χ1n) is 13.1. The van der Waals surface area contributed by atoms with Gasteiger partial charge in [-0.1, -0.05) is 44.2 Å². The fourth-order valence-corrected chi connectivity index (χ4v) is 3.90. The minimum atomic E-state index is -4.54. The molecule has 0 aromatic heterocycles. The summed E-state index contributed by atoms with van der Waals surface area (Å²) in [5.41, 5.74) is 5.91. The molecule has 0 saturated heterocycles. The summed E-state index contributed by atoms with van der Waals surface area (Å²) < 4.78 is 37.4. The number of nitrogens with two attached hydrogens (primary N) is 1. The zero-order valence-electron chi connectivity index (χ0n) is 23.1. The first-order chi connectivity index (χ1) is 19.5. The number of halogens is 3. The summed E-state index contributed by atoms with van der Waals surface area (Å²) in [4.78, 5) is 49.1. The van der Waals surface area contributed by atoms with Crippen LogP contribution in [0.25, 0.3) is 0 Å². The lowest BCUT2D eigenvalue weighted by atomic mass is 9.98. The number of carbonyl (C=O) groups excluding carboxylic acids is 3. The second-order valence-electron chi connectivity index (χ2n) is 10.2. The van der Waals surface area contributed by atoms with Gasteiger partial charge in [0, 0.05) is 6.42 Å². The van der Waals surface area contributed by atoms with Gasteiger partial charge < -0.3 is 47.2 Å². The maximum Gasteiger partial charge on any atom is 0.389 e. The van der Waals surface area contributed by atoms with Crippen LogP contribution >= 0.6 is 0 Å². The third kappa shape index (κ3) is 12.7. The number of nitrogens with one attached hydrogen (secondary N) is 3. The second kappa shape index (κ2) is 17.0. The Bertz CT molecular complexity index is 1030. The van der Waals surface area contributed by atoms with Gasteiger partial charge in [0.1, 0.15) is 18.2 Å². The highest BCUT2D eigenvalue weighted by Crippen LogP contribution is 2.22. The molecule has 0 aliphatic heterocycles. The Morgan fingerprint density at radius 3 is 2.00 bits per heavy atom. The number of amides is 3. The van der Waals surface area contributed by atoms with Crippen LogP contribution in [0.2, 0.25) is 0 Å². The molecule has 0 aliphatic rings. The number of benzene rings is 1. The normalized spacial score (nSPS) is 16.8. The average molecular weight is 609 g/mol. The summed E-state index contributed by atoms with van der Waals surface area (Å²) in [7, 11) is 0. The van der Waals surface area contributed by atoms with E-state index in [9.17, 15) is 57.9 Å². The van der Waals surface area contributed by atoms with Gasteiger partial charge in [0.25, 0.3) is 5.91 Å². The molecule has 7 atom stereocenters. The molecule has 0 spiro atoms. The summed E-state index contributed by atoms with van der Waals surface area (Å²) in [6.45, 7) is 2.36. The van der Waals surface area contributed by atoms with E-state index in [1.54, 1.807) is 32.0 Å². The van der Waals surface area contributed by atoms with E-state index in [-0.39, 0.29) is 12.3 Å². The molecule has 0 radical (unpaired) electrons. The topological polar surface area (TPSA) is 232 Å². The minimum absolute atomic E-state index is 0.0180. The number of carboxylic acid groups (broad SMARTS) is 1. The standard InChI is InChI=1S/C26H39F3N4O9/c1-13(2)10-17(32-23(40)15(30)8-9-26(27,28)29)24(41)33-18(12-34)20(37)21(38)22(39)25(42)31-16(11-19(35)36)14-6-4-3-5-7-14/h3-7,13,15-18,20-22,34,37-39H,8-12,30H2,1-2H3,(H,31,42)(H,32,40)(H,33,41)(H,35,36)/t15-,16-,17-,18-,20+,21+,22-/m0/s1. The molecular formula is C26H39F3N4O9. The molecule has 0 aliphatic carbocycles. The quantitative estimate of drug-likeness (QED) is 0.106. The SMILES string of the molecule is CC(C)C[C@H](NC(=O)[C@@H](N)CCC(F)(F)F)C(=O)N[C@@H](CO)[C@@H](O)[C@@H](O)[C@H](O)C(=O)N[C@@H](CC(=O)O)c1ccccc1. The van der Waals surface area contributed by atoms with E-state index in [1.807, 2.05) is 0 Å². The number of rotatable bonds is 17. The Labute approximate surface area is 240 Å². The highest BCUT2D eigenvalue weighted by molar-refractivity contribution is 5.90. The van der Waals surface area contributed by atoms with E-state index in [4.69, 9.17) is 5.73 Å². The molecule has 0 unspecified atom stereocenters. The third-order valence-corrected chi connectivity index (χ3v) is 6.19. The predicted octanol–water partition coefficient (Wildman–Crippen LogP) is -0.921. The Hall–Kier alpha value is -3.31. The fraction of sp³-hybridized carbons (Fsp3) is 0.615. The van der Waals surface area contributed by atoms with Crippen molar-refractivity contribution in [2.75, 3.05) is 6.61 Å². The van der Waals surface area contributed by atoms with E-state index < -0.39 is 98.2 Å². The Morgan fingerprint density at radius 1 is 0.905 bits per heavy atom. The van der Waals surface area contributed by atoms with Crippen LogP contribution in [0.3, 0.4) is 0 Å². The van der Waals surface area contributed by atoms with Crippen molar-refractivity contribution < 1.29 is 57.9 Å². The maximum absolute atomic E-state index is 12.9. The van der Waals surface area contributed by atoms with E-state index in [0.29, 0.717) is 5.56 Å². The molecule has 3 amide bonds. The van der Waals surface area contributed by atoms with Gasteiger partial charge in [-0.25, -0.2) is 0 Å². The number of hydrogen-bond acceptors (Lipinski definition) is 9. The number of hydrogen-bond donors (Lipinski definition) is 9. The Balaban J connectivity index is 2.93. The molecule has 1 rings (SSSR count). The van der Waals surface area contributed by atoms with Crippen LogP contribution in [-0.2, 0) is 19.2 Å². The molecule has 0 saturated carbocycles. The highest BCUT2D eigenvalue weighted by Gasteiger charge is 2.38. The lowest BCUT2D eigenvalue weighted by molar-refractivity contribution is -0.145. The minimum Gasteiger partial charge on any atom is -0.481 e. The predicted molar refractivity (Wildman–Crippen MR) is 141 cm³/mol. The molecule has 16 heteroatoms. The van der Waals surface area contributed by atoms with Crippen molar-refractivity contribution in [3.8, 4) is 0 Å².